The van der Waals surface area contributed by atoms with Crippen molar-refractivity contribution in [2.75, 3.05) is 12.3 Å². The highest BCUT2D eigenvalue weighted by molar-refractivity contribution is 7.92. The van der Waals surface area contributed by atoms with E-state index in [-0.39, 0.29) is 23.6 Å². The van der Waals surface area contributed by atoms with Gasteiger partial charge in [-0.15, -0.1) is 0 Å². The van der Waals surface area contributed by atoms with Crippen LogP contribution in [0.4, 0.5) is 4.79 Å². The molecular formula is C36H63N5O7S. The first-order chi connectivity index (χ1) is 22.6. The Morgan fingerprint density at radius 2 is 1.51 bits per heavy atom. The highest BCUT2D eigenvalue weighted by Gasteiger charge is 2.49. The number of carbonyl (C=O) groups excluding carboxylic acids is 5. The number of hydrogen-bond donors (Lipinski definition) is 4. The molecule has 4 atom stereocenters. The summed E-state index contributed by atoms with van der Waals surface area (Å²) in [6.07, 6.45) is 7.51. The van der Waals surface area contributed by atoms with Crippen LogP contribution in [0.1, 0.15) is 133 Å². The Kier molecular flexibility index (Phi) is 13.4. The average Bonchev–Trinajstić information content (AvgIpc) is 3.68. The third-order valence-electron chi connectivity index (χ3n) is 10.4. The van der Waals surface area contributed by atoms with Gasteiger partial charge in [0.25, 0.3) is 5.91 Å². The third-order valence-corrected chi connectivity index (χ3v) is 13.2. The number of nitrogens with zero attached hydrogens (tertiary/aromatic N) is 1. The maximum atomic E-state index is 14.4. The van der Waals surface area contributed by atoms with Crippen LogP contribution in [0.15, 0.2) is 0 Å². The summed E-state index contributed by atoms with van der Waals surface area (Å²) in [6.45, 7) is 16.7. The number of carbonyl (C=O) groups is 5. The molecule has 12 nitrogen and oxygen atoms in total. The molecule has 280 valence electrons. The zero-order valence-electron chi connectivity index (χ0n) is 31.4. The molecule has 0 bridgehead atoms. The predicted molar refractivity (Wildman–Crippen MR) is 190 cm³/mol. The Morgan fingerprint density at radius 1 is 0.898 bits per heavy atom. The van der Waals surface area contributed by atoms with Crippen molar-refractivity contribution in [1.82, 2.24) is 26.2 Å². The largest absolute Gasteiger partial charge is 0.347 e. The Balaban J connectivity index is 1.85. The minimum Gasteiger partial charge on any atom is -0.347 e. The van der Waals surface area contributed by atoms with Gasteiger partial charge in [-0.2, -0.15) is 0 Å². The second-order valence-electron chi connectivity index (χ2n) is 17.1. The van der Waals surface area contributed by atoms with Crippen molar-refractivity contribution in [2.45, 2.75) is 167 Å². The van der Waals surface area contributed by atoms with Crippen LogP contribution in [-0.4, -0.2) is 89.6 Å². The van der Waals surface area contributed by atoms with Crippen LogP contribution < -0.4 is 21.3 Å². The highest BCUT2D eigenvalue weighted by Crippen LogP contribution is 2.35. The lowest BCUT2D eigenvalue weighted by Crippen LogP contribution is -2.64. The first-order valence-corrected chi connectivity index (χ1v) is 20.0. The Morgan fingerprint density at radius 3 is 2.02 bits per heavy atom. The summed E-state index contributed by atoms with van der Waals surface area (Å²) in [4.78, 5) is 69.7. The predicted octanol–water partition coefficient (Wildman–Crippen LogP) is 4.01. The van der Waals surface area contributed by atoms with Crippen LogP contribution in [0.25, 0.3) is 0 Å². The molecule has 0 aromatic carbocycles. The maximum absolute atomic E-state index is 14.4. The number of urea groups is 1. The van der Waals surface area contributed by atoms with E-state index in [0.29, 0.717) is 38.6 Å². The monoisotopic (exact) mass is 709 g/mol. The van der Waals surface area contributed by atoms with Crippen LogP contribution in [0, 0.1) is 17.3 Å². The van der Waals surface area contributed by atoms with E-state index >= 15 is 0 Å². The number of hydrogen-bond acceptors (Lipinski definition) is 7. The minimum absolute atomic E-state index is 0.00200. The van der Waals surface area contributed by atoms with Gasteiger partial charge >= 0.3 is 6.03 Å². The normalized spacial score (nSPS) is 22.6. The fraction of sp³-hybridized carbons (Fsp3) is 0.861. The number of rotatable bonds is 14. The van der Waals surface area contributed by atoms with Crippen LogP contribution in [0.3, 0.4) is 0 Å². The Labute approximate surface area is 294 Å². The van der Waals surface area contributed by atoms with Crippen molar-refractivity contribution < 1.29 is 32.4 Å². The van der Waals surface area contributed by atoms with Crippen molar-refractivity contribution in [3.8, 4) is 0 Å². The number of unbranched alkanes of at least 4 members (excludes halogenated alkanes) is 1. The number of amides is 5. The Hall–Kier alpha value is -2.70. The zero-order valence-corrected chi connectivity index (χ0v) is 32.2. The smallest absolute Gasteiger partial charge is 0.315 e. The van der Waals surface area contributed by atoms with Gasteiger partial charge in [-0.1, -0.05) is 73.6 Å². The molecule has 2 saturated carbocycles. The molecule has 1 aliphatic heterocycles. The highest BCUT2D eigenvalue weighted by atomic mass is 32.2. The van der Waals surface area contributed by atoms with E-state index in [4.69, 9.17) is 0 Å². The van der Waals surface area contributed by atoms with Crippen LogP contribution in [0.5, 0.6) is 0 Å². The molecule has 5 amide bonds. The van der Waals surface area contributed by atoms with Crippen molar-refractivity contribution in [3.63, 3.8) is 0 Å². The van der Waals surface area contributed by atoms with Gasteiger partial charge in [-0.25, -0.2) is 13.2 Å². The molecule has 0 radical (unpaired) electrons. The second-order valence-corrected chi connectivity index (χ2v) is 19.8. The lowest BCUT2D eigenvalue weighted by Gasteiger charge is -2.41. The van der Waals surface area contributed by atoms with Crippen molar-refractivity contribution in [1.29, 1.82) is 0 Å². The quantitative estimate of drug-likeness (QED) is 0.198. The molecule has 2 aliphatic carbocycles. The van der Waals surface area contributed by atoms with Crippen LogP contribution in [-0.2, 0) is 29.0 Å². The summed E-state index contributed by atoms with van der Waals surface area (Å²) >= 11 is 0. The SMILES string of the molecule is CCCCC(NC(=O)C1C(C(C)C)CCN1C(=O)C(NC(=O)NC1(CS(=O)(=O)C(C)(C)C)CCCCC1)C(C)(C)C)C(=O)C(=O)NC1CC1. The molecule has 1 heterocycles. The third kappa shape index (κ3) is 10.7. The first kappa shape index (κ1) is 40.7. The van der Waals surface area contributed by atoms with E-state index in [1.807, 2.05) is 41.5 Å². The number of nitrogens with one attached hydrogen (secondary N) is 4. The topological polar surface area (TPSA) is 171 Å². The van der Waals surface area contributed by atoms with Crippen LogP contribution >= 0.6 is 0 Å². The number of Topliss-reactive ketones (excluding diaryl/α,β-unsaturated/α-hetero) is 1. The molecule has 0 aromatic rings. The summed E-state index contributed by atoms with van der Waals surface area (Å²) in [5.74, 6) is -2.63. The van der Waals surface area contributed by atoms with Gasteiger partial charge in [0.1, 0.15) is 12.1 Å². The minimum atomic E-state index is -3.56. The van der Waals surface area contributed by atoms with Crippen LogP contribution in [0.2, 0.25) is 0 Å². The van der Waals surface area contributed by atoms with Gasteiger partial charge in [0.15, 0.2) is 9.84 Å². The molecule has 3 rings (SSSR count). The average molecular weight is 710 g/mol. The fourth-order valence-corrected chi connectivity index (χ4v) is 8.53. The van der Waals surface area contributed by atoms with E-state index in [1.165, 1.54) is 4.90 Å². The van der Waals surface area contributed by atoms with Gasteiger partial charge in [-0.3, -0.25) is 19.2 Å². The van der Waals surface area contributed by atoms with Gasteiger partial charge in [0, 0.05) is 12.6 Å². The number of likely N-dealkylation sites (tertiary alicyclic amines) is 1. The molecule has 3 aliphatic rings. The lowest BCUT2D eigenvalue weighted by atomic mass is 9.83. The lowest BCUT2D eigenvalue weighted by molar-refractivity contribution is -0.145. The first-order valence-electron chi connectivity index (χ1n) is 18.4. The molecule has 49 heavy (non-hydrogen) atoms. The van der Waals surface area contributed by atoms with Gasteiger partial charge in [0.05, 0.1) is 22.1 Å². The molecule has 3 fully saturated rings. The molecular weight excluding hydrogens is 646 g/mol. The fourth-order valence-electron chi connectivity index (χ4n) is 7.01. The van der Waals surface area contributed by atoms with E-state index < -0.39 is 73.2 Å². The molecule has 13 heteroatoms. The Bertz CT molecular complexity index is 1320. The standard InChI is InChI=1S/C36H63N5O7S/c1-10-11-15-26(28(42)31(44)37-24-16-17-24)38-30(43)27-25(23(2)3)18-21-41(27)32(45)29(34(4,5)6)39-33(46)40-36(19-13-12-14-20-36)22-49(47,48)35(7,8)9/h23-27,29H,10-22H2,1-9H3,(H,37,44)(H,38,43)(H2,39,40,46). The van der Waals surface area contributed by atoms with E-state index in [2.05, 4.69) is 21.3 Å². The molecule has 4 N–H and O–H groups in total. The summed E-state index contributed by atoms with van der Waals surface area (Å²) in [6, 6.07) is -3.55. The van der Waals surface area contributed by atoms with E-state index in [0.717, 1.165) is 38.5 Å². The number of sulfone groups is 1. The summed E-state index contributed by atoms with van der Waals surface area (Å²) in [7, 11) is -3.56. The molecule has 0 aromatic heterocycles. The van der Waals surface area contributed by atoms with Crippen molar-refractivity contribution >= 4 is 39.4 Å². The summed E-state index contributed by atoms with van der Waals surface area (Å²) in [5.41, 5.74) is -1.71. The molecule has 4 unspecified atom stereocenters. The van der Waals surface area contributed by atoms with Gasteiger partial charge < -0.3 is 26.2 Å². The second kappa shape index (κ2) is 16.1. The van der Waals surface area contributed by atoms with Crippen molar-refractivity contribution in [3.05, 3.63) is 0 Å². The maximum Gasteiger partial charge on any atom is 0.315 e. The van der Waals surface area contributed by atoms with E-state index in [1.54, 1.807) is 20.8 Å². The zero-order chi connectivity index (χ0) is 36.9. The van der Waals surface area contributed by atoms with E-state index in [9.17, 15) is 32.4 Å². The summed E-state index contributed by atoms with van der Waals surface area (Å²) < 4.78 is 25.6. The van der Waals surface area contributed by atoms with Crippen molar-refractivity contribution in [2.24, 2.45) is 17.3 Å². The summed E-state index contributed by atoms with van der Waals surface area (Å²) in [5, 5.41) is 11.5. The molecule has 1 saturated heterocycles. The van der Waals surface area contributed by atoms with Gasteiger partial charge in [0.2, 0.25) is 17.6 Å². The van der Waals surface area contributed by atoms with Gasteiger partial charge in [-0.05, 0) is 76.5 Å². The molecule has 0 spiro atoms. The number of ketones is 1.